The van der Waals surface area contributed by atoms with Crippen molar-refractivity contribution < 1.29 is 14.2 Å². The van der Waals surface area contributed by atoms with Gasteiger partial charge < -0.3 is 14.7 Å². The van der Waals surface area contributed by atoms with Gasteiger partial charge in [-0.25, -0.2) is 4.74 Å². The molecule has 0 aliphatic carbocycles. The molecule has 0 amide bonds. The Morgan fingerprint density at radius 2 is 1.52 bits per heavy atom. The number of benzene rings is 2. The van der Waals surface area contributed by atoms with Gasteiger partial charge in [-0.15, -0.1) is 0 Å². The Kier molecular flexibility index (Phi) is 5.40. The lowest BCUT2D eigenvalue weighted by Gasteiger charge is -2.19. The summed E-state index contributed by atoms with van der Waals surface area (Å²) in [6.45, 7) is 1.40. The molecule has 1 aliphatic rings. The quantitative estimate of drug-likeness (QED) is 0.583. The average molecular weight is 311 g/mol. The molecule has 0 saturated carbocycles. The van der Waals surface area contributed by atoms with E-state index >= 15 is 0 Å². The number of hydroxylamine groups is 1. The molecule has 0 N–H and O–H groups in total. The first-order chi connectivity index (χ1) is 11.3. The Morgan fingerprint density at radius 3 is 2.17 bits per heavy atom. The maximum atomic E-state index is 11.9. The number of nitrogens with zero attached hydrogens (tertiary/aromatic N) is 1. The van der Waals surface area contributed by atoms with Crippen LogP contribution >= 0.6 is 0 Å². The van der Waals surface area contributed by atoms with Gasteiger partial charge in [0, 0.05) is 0 Å². The van der Waals surface area contributed by atoms with Crippen molar-refractivity contribution in [2.75, 3.05) is 6.61 Å². The van der Waals surface area contributed by atoms with Gasteiger partial charge in [0.25, 0.3) is 0 Å². The SMILES string of the molecule is [O-][N+]1=CC[C@H](OCc2ccccc2)[C@@H]1COCc1ccccc1. The summed E-state index contributed by atoms with van der Waals surface area (Å²) < 4.78 is 12.6. The van der Waals surface area contributed by atoms with E-state index in [2.05, 4.69) is 0 Å². The second-order valence-electron chi connectivity index (χ2n) is 5.68. The zero-order valence-electron chi connectivity index (χ0n) is 13.0. The van der Waals surface area contributed by atoms with Crippen LogP contribution in [0.25, 0.3) is 0 Å². The van der Waals surface area contributed by atoms with Gasteiger partial charge in [0.2, 0.25) is 6.04 Å². The van der Waals surface area contributed by atoms with E-state index in [0.717, 1.165) is 15.9 Å². The third-order valence-electron chi connectivity index (χ3n) is 3.98. The minimum absolute atomic E-state index is 0.122. The van der Waals surface area contributed by atoms with Gasteiger partial charge in [0.05, 0.1) is 19.6 Å². The molecule has 1 heterocycles. The molecule has 0 radical (unpaired) electrons. The van der Waals surface area contributed by atoms with Crippen molar-refractivity contribution in [1.82, 2.24) is 0 Å². The molecule has 3 rings (SSSR count). The summed E-state index contributed by atoms with van der Waals surface area (Å²) in [6, 6.07) is 19.7. The Morgan fingerprint density at radius 1 is 0.913 bits per heavy atom. The summed E-state index contributed by atoms with van der Waals surface area (Å²) in [7, 11) is 0. The highest BCUT2D eigenvalue weighted by Crippen LogP contribution is 2.16. The molecule has 120 valence electrons. The molecule has 0 saturated heterocycles. The number of hydrogen-bond acceptors (Lipinski definition) is 3. The molecule has 4 heteroatoms. The molecule has 2 atom stereocenters. The van der Waals surface area contributed by atoms with Gasteiger partial charge in [-0.1, -0.05) is 60.7 Å². The highest BCUT2D eigenvalue weighted by molar-refractivity contribution is 5.54. The smallest absolute Gasteiger partial charge is 0.212 e. The molecule has 23 heavy (non-hydrogen) atoms. The fourth-order valence-corrected chi connectivity index (χ4v) is 2.67. The molecule has 4 nitrogen and oxygen atoms in total. The average Bonchev–Trinajstić information content (AvgIpc) is 2.95. The van der Waals surface area contributed by atoms with Gasteiger partial charge in [0.15, 0.2) is 6.21 Å². The summed E-state index contributed by atoms with van der Waals surface area (Å²) in [5, 5.41) is 11.9. The number of hydrogen-bond donors (Lipinski definition) is 0. The molecule has 0 aromatic heterocycles. The lowest BCUT2D eigenvalue weighted by atomic mass is 10.1. The van der Waals surface area contributed by atoms with Crippen LogP contribution in [0.1, 0.15) is 17.5 Å². The monoisotopic (exact) mass is 311 g/mol. The summed E-state index contributed by atoms with van der Waals surface area (Å²) in [5.74, 6) is 0. The fourth-order valence-electron chi connectivity index (χ4n) is 2.67. The predicted octanol–water partition coefficient (Wildman–Crippen LogP) is 3.14. The molecule has 2 aromatic carbocycles. The van der Waals surface area contributed by atoms with E-state index < -0.39 is 0 Å². The molecule has 0 unspecified atom stereocenters. The van der Waals surface area contributed by atoms with Crippen molar-refractivity contribution >= 4 is 6.21 Å². The van der Waals surface area contributed by atoms with Crippen LogP contribution in [-0.4, -0.2) is 29.7 Å². The zero-order chi connectivity index (χ0) is 15.9. The van der Waals surface area contributed by atoms with E-state index in [9.17, 15) is 5.21 Å². The van der Waals surface area contributed by atoms with E-state index in [4.69, 9.17) is 9.47 Å². The van der Waals surface area contributed by atoms with Crippen molar-refractivity contribution in [3.05, 3.63) is 77.0 Å². The largest absolute Gasteiger partial charge is 0.624 e. The lowest BCUT2D eigenvalue weighted by molar-refractivity contribution is -0.504. The first kappa shape index (κ1) is 15.7. The molecule has 1 aliphatic heterocycles. The predicted molar refractivity (Wildman–Crippen MR) is 89.2 cm³/mol. The summed E-state index contributed by atoms with van der Waals surface area (Å²) in [6.07, 6.45) is 2.16. The first-order valence-electron chi connectivity index (χ1n) is 7.89. The fraction of sp³-hybridized carbons (Fsp3) is 0.316. The van der Waals surface area contributed by atoms with Crippen LogP contribution in [0.15, 0.2) is 60.7 Å². The molecule has 0 bridgehead atoms. The topological polar surface area (TPSA) is 44.5 Å². The van der Waals surface area contributed by atoms with Crippen LogP contribution in [-0.2, 0) is 22.7 Å². The first-order valence-corrected chi connectivity index (χ1v) is 7.89. The molecular weight excluding hydrogens is 290 g/mol. The minimum atomic E-state index is -0.276. The number of ether oxygens (including phenoxy) is 2. The summed E-state index contributed by atoms with van der Waals surface area (Å²) >= 11 is 0. The third-order valence-corrected chi connectivity index (χ3v) is 3.98. The maximum Gasteiger partial charge on any atom is 0.212 e. The van der Waals surface area contributed by atoms with Gasteiger partial charge in [0.1, 0.15) is 12.7 Å². The molecule has 2 aromatic rings. The van der Waals surface area contributed by atoms with Crippen LogP contribution in [0.3, 0.4) is 0 Å². The van der Waals surface area contributed by atoms with Crippen LogP contribution < -0.4 is 0 Å². The Balaban J connectivity index is 1.49. The van der Waals surface area contributed by atoms with E-state index in [0.29, 0.717) is 26.2 Å². The third kappa shape index (κ3) is 4.41. The summed E-state index contributed by atoms with van der Waals surface area (Å²) in [5.41, 5.74) is 2.22. The Hall–Kier alpha value is -2.17. The van der Waals surface area contributed by atoms with Crippen molar-refractivity contribution in [3.8, 4) is 0 Å². The van der Waals surface area contributed by atoms with Crippen LogP contribution in [0, 0.1) is 5.21 Å². The minimum Gasteiger partial charge on any atom is -0.624 e. The van der Waals surface area contributed by atoms with Crippen LogP contribution in [0.5, 0.6) is 0 Å². The van der Waals surface area contributed by atoms with E-state index in [-0.39, 0.29) is 12.1 Å². The maximum absolute atomic E-state index is 11.9. The summed E-state index contributed by atoms with van der Waals surface area (Å²) in [4.78, 5) is 0. The molecule has 0 spiro atoms. The standard InChI is InChI=1S/C19H21NO3/c21-20-12-11-19(23-14-17-9-5-2-6-10-17)18(20)15-22-13-16-7-3-1-4-8-16/h1-10,12,18-19H,11,13-15H2/t18-,19-/m0/s1. The molecular formula is C19H21NO3. The highest BCUT2D eigenvalue weighted by atomic mass is 16.5. The number of rotatable bonds is 7. The zero-order valence-corrected chi connectivity index (χ0v) is 13.0. The van der Waals surface area contributed by atoms with Gasteiger partial charge in [-0.3, -0.25) is 0 Å². The van der Waals surface area contributed by atoms with E-state index in [1.807, 2.05) is 60.7 Å². The van der Waals surface area contributed by atoms with Gasteiger partial charge >= 0.3 is 0 Å². The lowest BCUT2D eigenvalue weighted by Crippen LogP contribution is -2.35. The second kappa shape index (κ2) is 7.90. The van der Waals surface area contributed by atoms with E-state index in [1.54, 1.807) is 6.21 Å². The van der Waals surface area contributed by atoms with Gasteiger partial charge in [-0.2, -0.15) is 0 Å². The van der Waals surface area contributed by atoms with Gasteiger partial charge in [-0.05, 0) is 11.1 Å². The highest BCUT2D eigenvalue weighted by Gasteiger charge is 2.34. The Labute approximate surface area is 136 Å². The normalized spacial score (nSPS) is 20.4. The Bertz CT molecular complexity index is 628. The molecule has 0 fully saturated rings. The van der Waals surface area contributed by atoms with Crippen molar-refractivity contribution in [2.45, 2.75) is 31.8 Å². The van der Waals surface area contributed by atoms with Crippen molar-refractivity contribution in [2.24, 2.45) is 0 Å². The van der Waals surface area contributed by atoms with Crippen LogP contribution in [0.4, 0.5) is 0 Å². The van der Waals surface area contributed by atoms with E-state index in [1.165, 1.54) is 0 Å². The van der Waals surface area contributed by atoms with Crippen molar-refractivity contribution in [1.29, 1.82) is 0 Å². The van der Waals surface area contributed by atoms with Crippen LogP contribution in [0.2, 0.25) is 0 Å². The van der Waals surface area contributed by atoms with Crippen molar-refractivity contribution in [3.63, 3.8) is 0 Å². The second-order valence-corrected chi connectivity index (χ2v) is 5.68.